The second-order valence-corrected chi connectivity index (χ2v) is 5.94. The van der Waals surface area contributed by atoms with Crippen molar-refractivity contribution in [3.8, 4) is 0 Å². The molecule has 1 aromatic rings. The van der Waals surface area contributed by atoms with Gasteiger partial charge < -0.3 is 0 Å². The maximum Gasteiger partial charge on any atom is 0.392 e. The predicted octanol–water partition coefficient (Wildman–Crippen LogP) is 6.26. The van der Waals surface area contributed by atoms with Crippen LogP contribution in [0.1, 0.15) is 43.6 Å². The van der Waals surface area contributed by atoms with Crippen molar-refractivity contribution in [3.05, 3.63) is 46.8 Å². The van der Waals surface area contributed by atoms with Crippen molar-refractivity contribution >= 4 is 11.6 Å². The van der Waals surface area contributed by atoms with Gasteiger partial charge in [-0.1, -0.05) is 29.8 Å². The maximum atomic E-state index is 13.4. The molecular formula is C16H17ClF4. The number of allylic oxidation sites excluding steroid dienone is 2. The average molecular weight is 321 g/mol. The van der Waals surface area contributed by atoms with Crippen molar-refractivity contribution < 1.29 is 17.6 Å². The van der Waals surface area contributed by atoms with Crippen LogP contribution in [-0.2, 0) is 0 Å². The number of hydrogen-bond acceptors (Lipinski definition) is 0. The van der Waals surface area contributed by atoms with E-state index < -0.39 is 18.4 Å². The molecule has 21 heavy (non-hydrogen) atoms. The van der Waals surface area contributed by atoms with E-state index in [1.807, 2.05) is 6.07 Å². The Morgan fingerprint density at radius 1 is 1.14 bits per heavy atom. The van der Waals surface area contributed by atoms with Crippen molar-refractivity contribution in [3.63, 3.8) is 0 Å². The summed E-state index contributed by atoms with van der Waals surface area (Å²) in [4.78, 5) is 0. The lowest BCUT2D eigenvalue weighted by atomic mass is 9.78. The van der Waals surface area contributed by atoms with Gasteiger partial charge in [0.2, 0.25) is 0 Å². The second kappa shape index (κ2) is 6.82. The highest BCUT2D eigenvalue weighted by atomic mass is 35.5. The van der Waals surface area contributed by atoms with Crippen LogP contribution >= 0.6 is 11.6 Å². The predicted molar refractivity (Wildman–Crippen MR) is 75.9 cm³/mol. The smallest absolute Gasteiger partial charge is 0.205 e. The molecule has 0 N–H and O–H groups in total. The molecule has 0 unspecified atom stereocenters. The van der Waals surface area contributed by atoms with Crippen LogP contribution in [-0.4, -0.2) is 6.18 Å². The normalized spacial score (nSPS) is 23.7. The summed E-state index contributed by atoms with van der Waals surface area (Å²) < 4.78 is 49.6. The molecule has 0 aliphatic heterocycles. The minimum absolute atomic E-state index is 0.113. The first kappa shape index (κ1) is 16.3. The van der Waals surface area contributed by atoms with Crippen LogP contribution in [0, 0.1) is 11.7 Å². The Kier molecular flexibility index (Phi) is 5.31. The van der Waals surface area contributed by atoms with E-state index in [-0.39, 0.29) is 16.9 Å². The van der Waals surface area contributed by atoms with Crippen LogP contribution in [0.15, 0.2) is 30.4 Å². The lowest BCUT2D eigenvalue weighted by Gasteiger charge is -2.27. The van der Waals surface area contributed by atoms with Gasteiger partial charge in [0.1, 0.15) is 5.82 Å². The fourth-order valence-electron chi connectivity index (χ4n) is 2.81. The van der Waals surface area contributed by atoms with Gasteiger partial charge in [0.25, 0.3) is 0 Å². The molecule has 1 aliphatic carbocycles. The fourth-order valence-corrected chi connectivity index (χ4v) is 2.92. The molecule has 0 heterocycles. The number of alkyl halides is 3. The summed E-state index contributed by atoms with van der Waals surface area (Å²) in [7, 11) is 0. The SMILES string of the molecule is Fc1cc([C@H]2CC[C@H](C=CCC(F)(F)F)CC2)ccc1Cl. The lowest BCUT2D eigenvalue weighted by molar-refractivity contribution is -0.125. The summed E-state index contributed by atoms with van der Waals surface area (Å²) in [5, 5.41) is 0.113. The van der Waals surface area contributed by atoms with Gasteiger partial charge in [-0.2, -0.15) is 13.2 Å². The van der Waals surface area contributed by atoms with E-state index in [1.54, 1.807) is 12.1 Å². The molecule has 2 rings (SSSR count). The van der Waals surface area contributed by atoms with Crippen LogP contribution in [0.25, 0.3) is 0 Å². The third-order valence-electron chi connectivity index (χ3n) is 3.94. The molecule has 0 radical (unpaired) electrons. The Morgan fingerprint density at radius 3 is 2.38 bits per heavy atom. The molecule has 1 fully saturated rings. The Labute approximate surface area is 126 Å². The summed E-state index contributed by atoms with van der Waals surface area (Å²) in [6.07, 6.45) is 1.29. The second-order valence-electron chi connectivity index (χ2n) is 5.53. The van der Waals surface area contributed by atoms with Gasteiger partial charge in [-0.05, 0) is 55.2 Å². The standard InChI is InChI=1S/C16H17ClF4/c17-14-8-7-13(10-15(14)18)12-5-3-11(4-6-12)2-1-9-16(19,20)21/h1-2,7-8,10-12H,3-6,9H2/t11-,12-. The molecule has 0 aromatic heterocycles. The van der Waals surface area contributed by atoms with Crippen LogP contribution in [0.5, 0.6) is 0 Å². The molecule has 0 atom stereocenters. The quantitative estimate of drug-likeness (QED) is 0.455. The molecule has 0 amide bonds. The summed E-state index contributed by atoms with van der Waals surface area (Å²) in [6.45, 7) is 0. The molecule has 116 valence electrons. The van der Waals surface area contributed by atoms with E-state index in [9.17, 15) is 17.6 Å². The van der Waals surface area contributed by atoms with Gasteiger partial charge in [0, 0.05) is 0 Å². The largest absolute Gasteiger partial charge is 0.392 e. The van der Waals surface area contributed by atoms with E-state index in [2.05, 4.69) is 0 Å². The monoisotopic (exact) mass is 320 g/mol. The van der Waals surface area contributed by atoms with Gasteiger partial charge >= 0.3 is 6.18 Å². The Morgan fingerprint density at radius 2 is 1.81 bits per heavy atom. The molecule has 0 bridgehead atoms. The summed E-state index contributed by atoms with van der Waals surface area (Å²) in [5.41, 5.74) is 0.926. The highest BCUT2D eigenvalue weighted by Gasteiger charge is 2.25. The van der Waals surface area contributed by atoms with Crippen LogP contribution in [0.3, 0.4) is 0 Å². The lowest BCUT2D eigenvalue weighted by Crippen LogP contribution is -2.12. The van der Waals surface area contributed by atoms with E-state index in [4.69, 9.17) is 11.6 Å². The van der Waals surface area contributed by atoms with Gasteiger partial charge in [0.05, 0.1) is 11.4 Å². The molecule has 1 saturated carbocycles. The van der Waals surface area contributed by atoms with Crippen LogP contribution in [0.2, 0.25) is 5.02 Å². The van der Waals surface area contributed by atoms with Crippen molar-refractivity contribution in [1.82, 2.24) is 0 Å². The molecule has 1 aliphatic rings. The van der Waals surface area contributed by atoms with E-state index >= 15 is 0 Å². The van der Waals surface area contributed by atoms with E-state index in [1.165, 1.54) is 12.1 Å². The topological polar surface area (TPSA) is 0 Å². The Hall–Kier alpha value is -1.03. The third-order valence-corrected chi connectivity index (χ3v) is 4.25. The number of benzene rings is 1. The van der Waals surface area contributed by atoms with Crippen LogP contribution in [0.4, 0.5) is 17.6 Å². The van der Waals surface area contributed by atoms with Gasteiger partial charge in [-0.3, -0.25) is 0 Å². The average Bonchev–Trinajstić information content (AvgIpc) is 2.41. The van der Waals surface area contributed by atoms with Gasteiger partial charge in [-0.15, -0.1) is 0 Å². The first-order valence-corrected chi connectivity index (χ1v) is 7.41. The first-order chi connectivity index (χ1) is 9.85. The van der Waals surface area contributed by atoms with Crippen molar-refractivity contribution in [1.29, 1.82) is 0 Å². The Bertz CT molecular complexity index is 499. The molecule has 0 nitrogen and oxygen atoms in total. The summed E-state index contributed by atoms with van der Waals surface area (Å²) >= 11 is 5.66. The van der Waals surface area contributed by atoms with E-state index in [0.29, 0.717) is 0 Å². The maximum absolute atomic E-state index is 13.4. The molecule has 0 spiro atoms. The summed E-state index contributed by atoms with van der Waals surface area (Å²) in [5.74, 6) is 0.0474. The highest BCUT2D eigenvalue weighted by Crippen LogP contribution is 2.37. The minimum atomic E-state index is -4.13. The van der Waals surface area contributed by atoms with Gasteiger partial charge in [0.15, 0.2) is 0 Å². The Balaban J connectivity index is 1.87. The van der Waals surface area contributed by atoms with Crippen molar-refractivity contribution in [2.24, 2.45) is 5.92 Å². The molecule has 5 heteroatoms. The summed E-state index contributed by atoms with van der Waals surface area (Å²) in [6, 6.07) is 4.85. The van der Waals surface area contributed by atoms with Gasteiger partial charge in [-0.25, -0.2) is 4.39 Å². The first-order valence-electron chi connectivity index (χ1n) is 7.03. The number of halogens is 5. The number of rotatable bonds is 3. The van der Waals surface area contributed by atoms with Crippen molar-refractivity contribution in [2.45, 2.75) is 44.2 Å². The zero-order chi connectivity index (χ0) is 15.5. The number of hydrogen-bond donors (Lipinski definition) is 0. The van der Waals surface area contributed by atoms with Crippen LogP contribution < -0.4 is 0 Å². The van der Waals surface area contributed by atoms with Crippen molar-refractivity contribution in [2.75, 3.05) is 0 Å². The zero-order valence-electron chi connectivity index (χ0n) is 11.5. The highest BCUT2D eigenvalue weighted by molar-refractivity contribution is 6.30. The fraction of sp³-hybridized carbons (Fsp3) is 0.500. The molecule has 1 aromatic carbocycles. The minimum Gasteiger partial charge on any atom is -0.205 e. The zero-order valence-corrected chi connectivity index (χ0v) is 12.2. The third kappa shape index (κ3) is 5.03. The molecular weight excluding hydrogens is 304 g/mol. The molecule has 0 saturated heterocycles. The van der Waals surface area contributed by atoms with E-state index in [0.717, 1.165) is 31.2 Å².